The normalized spacial score (nSPS) is 18.0. The van der Waals surface area contributed by atoms with Gasteiger partial charge in [0.1, 0.15) is 5.82 Å². The van der Waals surface area contributed by atoms with Crippen LogP contribution in [0.15, 0.2) is 54.5 Å². The van der Waals surface area contributed by atoms with Crippen molar-refractivity contribution in [2.24, 2.45) is 0 Å². The number of hydrogen-bond donors (Lipinski definition) is 3. The molecule has 2 aromatic heterocycles. The number of nitrogens with zero attached hydrogens (tertiary/aromatic N) is 5. The summed E-state index contributed by atoms with van der Waals surface area (Å²) in [6.45, 7) is 4.04. The fraction of sp³-hybridized carbons (Fsp3) is 0.429. The van der Waals surface area contributed by atoms with Crippen LogP contribution in [0.2, 0.25) is 0 Å². The van der Waals surface area contributed by atoms with Crippen molar-refractivity contribution in [3.8, 4) is 0 Å². The van der Waals surface area contributed by atoms with Crippen LogP contribution in [-0.2, 0) is 4.79 Å². The van der Waals surface area contributed by atoms with E-state index in [9.17, 15) is 13.6 Å². The number of aromatic nitrogens is 4. The minimum absolute atomic E-state index is 0.207. The van der Waals surface area contributed by atoms with E-state index in [1.54, 1.807) is 24.5 Å². The average Bonchev–Trinajstić information content (AvgIpc) is 3.36. The van der Waals surface area contributed by atoms with Crippen molar-refractivity contribution in [3.05, 3.63) is 60.1 Å². The predicted octanol–water partition coefficient (Wildman–Crippen LogP) is 5.81. The van der Waals surface area contributed by atoms with Crippen LogP contribution in [0.4, 0.5) is 37.6 Å². The van der Waals surface area contributed by atoms with Crippen molar-refractivity contribution < 1.29 is 13.6 Å². The molecule has 2 aliphatic rings. The van der Waals surface area contributed by atoms with E-state index in [1.807, 2.05) is 29.9 Å². The van der Waals surface area contributed by atoms with E-state index >= 15 is 0 Å². The van der Waals surface area contributed by atoms with Gasteiger partial charge in [-0.2, -0.15) is 10.1 Å². The number of benzene rings is 1. The van der Waals surface area contributed by atoms with E-state index in [0.29, 0.717) is 23.5 Å². The molecule has 3 heterocycles. The molecule has 1 saturated carbocycles. The van der Waals surface area contributed by atoms with E-state index in [1.165, 1.54) is 6.08 Å². The Morgan fingerprint density at radius 2 is 1.82 bits per heavy atom. The second-order valence-corrected chi connectivity index (χ2v) is 10.4. The summed E-state index contributed by atoms with van der Waals surface area (Å²) < 4.78 is 28.8. The zero-order valence-electron chi connectivity index (χ0n) is 22.3. The molecule has 2 fully saturated rings. The summed E-state index contributed by atoms with van der Waals surface area (Å²) in [5.41, 5.74) is 3.76. The summed E-state index contributed by atoms with van der Waals surface area (Å²) in [6, 6.07) is 7.66. The Balaban J connectivity index is 1.21. The number of aryl methyl sites for hydroxylation is 1. The summed E-state index contributed by atoms with van der Waals surface area (Å²) in [5, 5.41) is 13.9. The molecule has 1 aliphatic heterocycles. The number of hydrogen-bond acceptors (Lipinski definition) is 7. The maximum atomic E-state index is 13.4. The van der Waals surface area contributed by atoms with E-state index in [0.717, 1.165) is 48.4 Å². The van der Waals surface area contributed by atoms with Gasteiger partial charge in [0.05, 0.1) is 17.9 Å². The standard InChI is InChI=1S/C28H34F2N8O/c1-19-16-31-27(35-23-17-32-38(18-23)24-8-12-37(2)13-9-24)36-26(19)34-22-5-3-4-21(15-22)33-25(39)14-20-6-10-28(29,30)11-7-20/h3-5,14-18,24H,6-13H2,1-2H3,(H,33,39)(H2,31,34,35,36). The number of anilines is 5. The van der Waals surface area contributed by atoms with Gasteiger partial charge in [-0.15, -0.1) is 0 Å². The highest BCUT2D eigenvalue weighted by atomic mass is 19.3. The van der Waals surface area contributed by atoms with Crippen molar-refractivity contribution in [1.29, 1.82) is 0 Å². The first-order valence-corrected chi connectivity index (χ1v) is 13.3. The molecule has 1 aliphatic carbocycles. The summed E-state index contributed by atoms with van der Waals surface area (Å²) in [6.07, 6.45) is 9.17. The predicted molar refractivity (Wildman–Crippen MR) is 148 cm³/mol. The van der Waals surface area contributed by atoms with Crippen molar-refractivity contribution in [2.45, 2.75) is 57.4 Å². The van der Waals surface area contributed by atoms with Crippen molar-refractivity contribution in [1.82, 2.24) is 24.6 Å². The van der Waals surface area contributed by atoms with Crippen molar-refractivity contribution in [3.63, 3.8) is 0 Å². The summed E-state index contributed by atoms with van der Waals surface area (Å²) in [5.74, 6) is -1.88. The second-order valence-electron chi connectivity index (χ2n) is 10.4. The lowest BCUT2D eigenvalue weighted by Crippen LogP contribution is -2.31. The summed E-state index contributed by atoms with van der Waals surface area (Å²) >= 11 is 0. The molecule has 1 aromatic carbocycles. The van der Waals surface area contributed by atoms with Gasteiger partial charge in [0.2, 0.25) is 17.8 Å². The quantitative estimate of drug-likeness (QED) is 0.328. The van der Waals surface area contributed by atoms with E-state index in [4.69, 9.17) is 0 Å². The average molecular weight is 537 g/mol. The summed E-state index contributed by atoms with van der Waals surface area (Å²) in [7, 11) is 2.14. The second kappa shape index (κ2) is 11.5. The molecule has 0 bridgehead atoms. The highest BCUT2D eigenvalue weighted by Crippen LogP contribution is 2.35. The van der Waals surface area contributed by atoms with Crippen molar-refractivity contribution >= 4 is 34.7 Å². The Labute approximate surface area is 226 Å². The SMILES string of the molecule is Cc1cnc(Nc2cnn(C3CCN(C)CC3)c2)nc1Nc1cccc(NC(=O)C=C2CCC(F)(F)CC2)c1. The van der Waals surface area contributed by atoms with Crippen LogP contribution < -0.4 is 16.0 Å². The van der Waals surface area contributed by atoms with Crippen LogP contribution in [0.3, 0.4) is 0 Å². The molecule has 1 saturated heterocycles. The lowest BCUT2D eigenvalue weighted by Gasteiger charge is -2.28. The Bertz CT molecular complexity index is 1330. The Morgan fingerprint density at radius 3 is 2.59 bits per heavy atom. The van der Waals surface area contributed by atoms with Crippen LogP contribution in [0.5, 0.6) is 0 Å². The molecule has 39 heavy (non-hydrogen) atoms. The molecular weight excluding hydrogens is 502 g/mol. The maximum absolute atomic E-state index is 13.4. The highest BCUT2D eigenvalue weighted by Gasteiger charge is 2.32. The first kappa shape index (κ1) is 26.7. The van der Waals surface area contributed by atoms with Gasteiger partial charge in [-0.05, 0) is 70.9 Å². The van der Waals surface area contributed by atoms with E-state index in [-0.39, 0.29) is 31.6 Å². The minimum Gasteiger partial charge on any atom is -0.340 e. The Hall–Kier alpha value is -3.86. The molecule has 0 radical (unpaired) electrons. The number of carbonyl (C=O) groups excluding carboxylic acids is 1. The van der Waals surface area contributed by atoms with E-state index < -0.39 is 5.92 Å². The molecule has 0 atom stereocenters. The van der Waals surface area contributed by atoms with Crippen molar-refractivity contribution in [2.75, 3.05) is 36.1 Å². The van der Waals surface area contributed by atoms with Crippen LogP contribution in [0.25, 0.3) is 0 Å². The van der Waals surface area contributed by atoms with Crippen LogP contribution in [0.1, 0.15) is 50.1 Å². The fourth-order valence-corrected chi connectivity index (χ4v) is 4.88. The third kappa shape index (κ3) is 7.17. The van der Waals surface area contributed by atoms with Gasteiger partial charge in [0, 0.05) is 48.2 Å². The fourth-order valence-electron chi connectivity index (χ4n) is 4.88. The van der Waals surface area contributed by atoms with Gasteiger partial charge < -0.3 is 20.9 Å². The lowest BCUT2D eigenvalue weighted by molar-refractivity contribution is -0.112. The Morgan fingerprint density at radius 1 is 1.08 bits per heavy atom. The molecule has 3 aromatic rings. The topological polar surface area (TPSA) is 100 Å². The first-order valence-electron chi connectivity index (χ1n) is 13.3. The zero-order chi connectivity index (χ0) is 27.4. The molecule has 3 N–H and O–H groups in total. The number of alkyl halides is 2. The largest absolute Gasteiger partial charge is 0.340 e. The van der Waals surface area contributed by atoms with Gasteiger partial charge in [-0.25, -0.2) is 13.8 Å². The van der Waals surface area contributed by atoms with Gasteiger partial charge in [0.25, 0.3) is 0 Å². The smallest absolute Gasteiger partial charge is 0.248 e. The number of halogens is 2. The number of piperidine rings is 1. The Kier molecular flexibility index (Phi) is 7.87. The van der Waals surface area contributed by atoms with Crippen LogP contribution in [-0.4, -0.2) is 56.6 Å². The minimum atomic E-state index is -2.63. The maximum Gasteiger partial charge on any atom is 0.248 e. The van der Waals surface area contributed by atoms with E-state index in [2.05, 4.69) is 43.0 Å². The number of rotatable bonds is 7. The molecular formula is C28H34F2N8O. The molecule has 11 heteroatoms. The van der Waals surface area contributed by atoms with Gasteiger partial charge in [0.15, 0.2) is 0 Å². The number of nitrogens with one attached hydrogen (secondary N) is 3. The van der Waals surface area contributed by atoms with Crippen LogP contribution in [0, 0.1) is 6.92 Å². The number of allylic oxidation sites excluding steroid dienone is 1. The van der Waals surface area contributed by atoms with Gasteiger partial charge in [-0.3, -0.25) is 9.48 Å². The third-order valence-corrected chi connectivity index (χ3v) is 7.24. The van der Waals surface area contributed by atoms with Gasteiger partial charge >= 0.3 is 0 Å². The van der Waals surface area contributed by atoms with Gasteiger partial charge in [-0.1, -0.05) is 11.6 Å². The number of amides is 1. The molecule has 206 valence electrons. The first-order chi connectivity index (χ1) is 18.7. The third-order valence-electron chi connectivity index (χ3n) is 7.24. The molecule has 0 spiro atoms. The monoisotopic (exact) mass is 536 g/mol. The lowest BCUT2D eigenvalue weighted by atomic mass is 9.91. The summed E-state index contributed by atoms with van der Waals surface area (Å²) in [4.78, 5) is 23.9. The molecule has 9 nitrogen and oxygen atoms in total. The van der Waals surface area contributed by atoms with Crippen LogP contribution >= 0.6 is 0 Å². The molecule has 5 rings (SSSR count). The number of likely N-dealkylation sites (tertiary alicyclic amines) is 1. The number of carbonyl (C=O) groups is 1. The molecule has 1 amide bonds. The highest BCUT2D eigenvalue weighted by molar-refractivity contribution is 6.00. The zero-order valence-corrected chi connectivity index (χ0v) is 22.3. The molecule has 0 unspecified atom stereocenters.